The van der Waals surface area contributed by atoms with Gasteiger partial charge in [0.1, 0.15) is 18.5 Å². The third-order valence-corrected chi connectivity index (χ3v) is 8.24. The number of carbonyl (C=O) groups is 4. The monoisotopic (exact) mass is 575 g/mol. The number of nitrogens with zero attached hydrogens (tertiary/aromatic N) is 1. The van der Waals surface area contributed by atoms with Crippen molar-refractivity contribution in [2.75, 3.05) is 0 Å². The fourth-order valence-corrected chi connectivity index (χ4v) is 5.53. The number of fused-ring (bicyclic) bond motifs is 1. The Morgan fingerprint density at radius 1 is 1.20 bits per heavy atom. The number of Topliss-reactive ketones (excluding diaryl/α,β-unsaturated/α-hetero) is 1. The number of aliphatic hydroxyl groups is 1. The van der Waals surface area contributed by atoms with Gasteiger partial charge in [0.15, 0.2) is 5.78 Å². The van der Waals surface area contributed by atoms with Crippen LogP contribution in [-0.4, -0.2) is 51.6 Å². The lowest BCUT2D eigenvalue weighted by molar-refractivity contribution is -0.158. The molecule has 0 heterocycles. The summed E-state index contributed by atoms with van der Waals surface area (Å²) in [5, 5.41) is 23.7. The van der Waals surface area contributed by atoms with Gasteiger partial charge in [0.2, 0.25) is 0 Å². The number of rotatable bonds is 13. The molecule has 0 spiro atoms. The molecule has 1 aromatic carbocycles. The van der Waals surface area contributed by atoms with Gasteiger partial charge in [0.25, 0.3) is 0 Å². The number of benzene rings is 1. The predicted octanol–water partition coefficient (Wildman–Crippen LogP) is 4.92. The van der Waals surface area contributed by atoms with Gasteiger partial charge in [-0.25, -0.2) is 0 Å². The number of ketones is 2. The second-order valence-corrected chi connectivity index (χ2v) is 11.1. The van der Waals surface area contributed by atoms with Gasteiger partial charge < -0.3 is 19.8 Å². The van der Waals surface area contributed by atoms with E-state index < -0.39 is 30.5 Å². The molecule has 2 N–H and O–H groups in total. The molecule has 6 unspecified atom stereocenters. The number of carboxylic acids is 1. The molecule has 1 saturated carbocycles. The highest BCUT2D eigenvalue weighted by Crippen LogP contribution is 2.44. The van der Waals surface area contributed by atoms with Gasteiger partial charge in [-0.1, -0.05) is 55.7 Å². The van der Waals surface area contributed by atoms with Crippen LogP contribution in [0.3, 0.4) is 0 Å². The predicted molar refractivity (Wildman–Crippen MR) is 149 cm³/mol. The normalized spacial score (nSPS) is 25.0. The third kappa shape index (κ3) is 8.24. The Kier molecular flexibility index (Phi) is 11.5. The smallest absolute Gasteiger partial charge is 0.308 e. The molecule has 0 radical (unpaired) electrons. The van der Waals surface area contributed by atoms with E-state index in [4.69, 9.17) is 26.3 Å². The van der Waals surface area contributed by atoms with E-state index in [1.807, 2.05) is 32.0 Å². The van der Waals surface area contributed by atoms with E-state index in [9.17, 15) is 24.3 Å². The maximum absolute atomic E-state index is 13.1. The largest absolute Gasteiger partial charge is 0.481 e. The number of hydrogen-bond acceptors (Lipinski definition) is 8. The number of oxime groups is 1. The standard InChI is InChI=1S/C30H38ClNO8/c1-4-17(2)30(38)40-27-12-11-25(32-39-16-19-7-5-6-8-24(19)31)23-15-26(35)18(3)22(29(23)27)10-9-20(33)13-21(34)14-28(36)37/h5-8,15,17-18,21-22,27,29,34H,4,9-14,16H2,1-3H3,(H,36,37)/b32-25-. The number of allylic oxidation sites excluding steroid dienone is 1. The summed E-state index contributed by atoms with van der Waals surface area (Å²) in [6.45, 7) is 5.67. The van der Waals surface area contributed by atoms with Gasteiger partial charge in [-0.3, -0.25) is 19.2 Å². The molecule has 0 bridgehead atoms. The third-order valence-electron chi connectivity index (χ3n) is 7.87. The molecule has 0 aromatic heterocycles. The van der Waals surface area contributed by atoms with Gasteiger partial charge >= 0.3 is 11.9 Å². The van der Waals surface area contributed by atoms with E-state index in [2.05, 4.69) is 5.16 Å². The zero-order valence-electron chi connectivity index (χ0n) is 23.2. The molecule has 1 fully saturated rings. The van der Waals surface area contributed by atoms with E-state index in [1.165, 1.54) is 0 Å². The molecule has 3 rings (SSSR count). The molecule has 2 aliphatic carbocycles. The minimum atomic E-state index is -1.27. The van der Waals surface area contributed by atoms with Crippen LogP contribution in [0.1, 0.15) is 71.3 Å². The molecule has 0 amide bonds. The van der Waals surface area contributed by atoms with Crippen molar-refractivity contribution < 1.29 is 39.0 Å². The first-order chi connectivity index (χ1) is 19.0. The Morgan fingerprint density at radius 3 is 2.60 bits per heavy atom. The molecule has 9 nitrogen and oxygen atoms in total. The quantitative estimate of drug-likeness (QED) is 0.249. The lowest BCUT2D eigenvalue weighted by Crippen LogP contribution is -2.46. The minimum absolute atomic E-state index is 0.0598. The maximum atomic E-state index is 13.1. The van der Waals surface area contributed by atoms with Crippen molar-refractivity contribution in [3.05, 3.63) is 46.5 Å². The maximum Gasteiger partial charge on any atom is 0.308 e. The fourth-order valence-electron chi connectivity index (χ4n) is 5.34. The lowest BCUT2D eigenvalue weighted by atomic mass is 9.63. The van der Waals surface area contributed by atoms with Crippen LogP contribution in [0.2, 0.25) is 5.02 Å². The number of carbonyl (C=O) groups excluding carboxylic acids is 3. The van der Waals surface area contributed by atoms with E-state index in [0.717, 1.165) is 5.56 Å². The molecule has 1 aromatic rings. The second-order valence-electron chi connectivity index (χ2n) is 10.7. The summed E-state index contributed by atoms with van der Waals surface area (Å²) in [5.41, 5.74) is 2.02. The Labute approximate surface area is 239 Å². The first kappa shape index (κ1) is 31.5. The topological polar surface area (TPSA) is 140 Å². The molecular formula is C30H38ClNO8. The summed E-state index contributed by atoms with van der Waals surface area (Å²) in [5.74, 6) is -3.28. The number of ether oxygens (including phenoxy) is 1. The fraction of sp³-hybridized carbons (Fsp3) is 0.567. The zero-order chi connectivity index (χ0) is 29.4. The van der Waals surface area contributed by atoms with Crippen LogP contribution in [-0.2, 0) is 35.4 Å². The lowest BCUT2D eigenvalue weighted by Gasteiger charge is -2.43. The van der Waals surface area contributed by atoms with Crippen LogP contribution < -0.4 is 0 Å². The second kappa shape index (κ2) is 14.6. The highest BCUT2D eigenvalue weighted by molar-refractivity contribution is 6.31. The van der Waals surface area contributed by atoms with E-state index in [1.54, 1.807) is 19.1 Å². The van der Waals surface area contributed by atoms with Crippen LogP contribution >= 0.6 is 11.6 Å². The SMILES string of the molecule is CCC(C)C(=O)OC1CC/C(=N/OCc2ccccc2Cl)C2=CC(=O)C(C)C(CCC(=O)CC(O)CC(=O)O)C21. The van der Waals surface area contributed by atoms with Crippen LogP contribution in [0, 0.1) is 23.7 Å². The van der Waals surface area contributed by atoms with Gasteiger partial charge in [-0.05, 0) is 49.3 Å². The van der Waals surface area contributed by atoms with Crippen molar-refractivity contribution in [3.63, 3.8) is 0 Å². The summed E-state index contributed by atoms with van der Waals surface area (Å²) in [4.78, 5) is 54.9. The molecule has 40 heavy (non-hydrogen) atoms. The number of hydrogen-bond donors (Lipinski definition) is 2. The van der Waals surface area contributed by atoms with Crippen LogP contribution in [0.4, 0.5) is 0 Å². The van der Waals surface area contributed by atoms with Crippen LogP contribution in [0.15, 0.2) is 41.1 Å². The molecule has 218 valence electrons. The van der Waals surface area contributed by atoms with Crippen molar-refractivity contribution in [1.29, 1.82) is 0 Å². The van der Waals surface area contributed by atoms with Gasteiger partial charge in [0.05, 0.1) is 24.2 Å². The zero-order valence-corrected chi connectivity index (χ0v) is 23.9. The Balaban J connectivity index is 1.84. The summed E-state index contributed by atoms with van der Waals surface area (Å²) < 4.78 is 5.99. The van der Waals surface area contributed by atoms with Gasteiger partial charge in [-0.2, -0.15) is 0 Å². The molecule has 2 aliphatic rings. The number of aliphatic hydroxyl groups excluding tert-OH is 1. The van der Waals surface area contributed by atoms with E-state index >= 15 is 0 Å². The van der Waals surface area contributed by atoms with E-state index in [-0.39, 0.29) is 54.7 Å². The van der Waals surface area contributed by atoms with Crippen molar-refractivity contribution >= 4 is 40.8 Å². The van der Waals surface area contributed by atoms with Crippen molar-refractivity contribution in [1.82, 2.24) is 0 Å². The Bertz CT molecular complexity index is 1160. The number of halogens is 1. The van der Waals surface area contributed by atoms with E-state index in [0.29, 0.717) is 42.0 Å². The molecular weight excluding hydrogens is 538 g/mol. The minimum Gasteiger partial charge on any atom is -0.481 e. The molecule has 0 aliphatic heterocycles. The molecule has 0 saturated heterocycles. The molecule has 6 atom stereocenters. The van der Waals surface area contributed by atoms with Crippen molar-refractivity contribution in [2.24, 2.45) is 28.8 Å². The summed E-state index contributed by atoms with van der Waals surface area (Å²) in [7, 11) is 0. The van der Waals surface area contributed by atoms with Crippen LogP contribution in [0.5, 0.6) is 0 Å². The highest BCUT2D eigenvalue weighted by atomic mass is 35.5. The summed E-state index contributed by atoms with van der Waals surface area (Å²) in [6.07, 6.45) is 0.952. The highest BCUT2D eigenvalue weighted by Gasteiger charge is 2.46. The average molecular weight is 576 g/mol. The van der Waals surface area contributed by atoms with Crippen molar-refractivity contribution in [2.45, 2.75) is 84.5 Å². The number of esters is 1. The summed E-state index contributed by atoms with van der Waals surface area (Å²) >= 11 is 6.23. The first-order valence-electron chi connectivity index (χ1n) is 13.8. The molecule has 10 heteroatoms. The number of aliphatic carboxylic acids is 1. The van der Waals surface area contributed by atoms with Gasteiger partial charge in [0, 0.05) is 35.3 Å². The van der Waals surface area contributed by atoms with Crippen LogP contribution in [0.25, 0.3) is 0 Å². The number of carboxylic acid groups (broad SMARTS) is 1. The Hall–Kier alpha value is -3.04. The van der Waals surface area contributed by atoms with Gasteiger partial charge in [-0.15, -0.1) is 0 Å². The first-order valence-corrected chi connectivity index (χ1v) is 14.2. The van der Waals surface area contributed by atoms with Crippen molar-refractivity contribution in [3.8, 4) is 0 Å². The average Bonchev–Trinajstić information content (AvgIpc) is 2.90. The Morgan fingerprint density at radius 2 is 1.93 bits per heavy atom. The summed E-state index contributed by atoms with van der Waals surface area (Å²) in [6, 6.07) is 7.27.